The lowest BCUT2D eigenvalue weighted by Gasteiger charge is -2.25. The maximum atomic E-state index is 13.6. The molecule has 0 unspecified atom stereocenters. The molecule has 1 atom stereocenters. The van der Waals surface area contributed by atoms with E-state index in [1.54, 1.807) is 12.3 Å². The molecule has 4 rings (SSSR count). The van der Waals surface area contributed by atoms with Gasteiger partial charge < -0.3 is 10.1 Å². The van der Waals surface area contributed by atoms with Gasteiger partial charge in [-0.2, -0.15) is 0 Å². The standard InChI is InChI=1S/C19H13ClF2N2O2/c20-15-6-14-12(3-4-26-18(14)7-16(15)22)19(25)24-17-9-23-8-10-1-2-11(21)5-13(10)17/h1-2,5-9,12H,3-4H2,(H,24,25)/t12-/m1/s1. The quantitative estimate of drug-likeness (QED) is 0.709. The van der Waals surface area contributed by atoms with E-state index in [0.717, 1.165) is 0 Å². The van der Waals surface area contributed by atoms with Crippen molar-refractivity contribution in [3.63, 3.8) is 0 Å². The lowest BCUT2D eigenvalue weighted by molar-refractivity contribution is -0.118. The van der Waals surface area contributed by atoms with Gasteiger partial charge in [0.15, 0.2) is 0 Å². The van der Waals surface area contributed by atoms with Crippen LogP contribution in [0.5, 0.6) is 5.75 Å². The Balaban J connectivity index is 1.69. The minimum Gasteiger partial charge on any atom is -0.493 e. The summed E-state index contributed by atoms with van der Waals surface area (Å²) in [6.07, 6.45) is 3.49. The molecule has 4 nitrogen and oxygen atoms in total. The van der Waals surface area contributed by atoms with Crippen molar-refractivity contribution in [2.24, 2.45) is 0 Å². The highest BCUT2D eigenvalue weighted by atomic mass is 35.5. The molecule has 1 N–H and O–H groups in total. The maximum absolute atomic E-state index is 13.6. The lowest BCUT2D eigenvalue weighted by atomic mass is 9.92. The van der Waals surface area contributed by atoms with Gasteiger partial charge in [-0.3, -0.25) is 9.78 Å². The summed E-state index contributed by atoms with van der Waals surface area (Å²) in [6, 6.07) is 6.87. The van der Waals surface area contributed by atoms with Crippen molar-refractivity contribution in [2.45, 2.75) is 12.3 Å². The molecule has 1 aliphatic heterocycles. The predicted octanol–water partition coefficient (Wildman–Crippen LogP) is 4.67. The highest BCUT2D eigenvalue weighted by Gasteiger charge is 2.29. The smallest absolute Gasteiger partial charge is 0.232 e. The third-order valence-corrected chi connectivity index (χ3v) is 4.68. The molecule has 0 radical (unpaired) electrons. The van der Waals surface area contributed by atoms with E-state index >= 15 is 0 Å². The molecule has 0 fully saturated rings. The third-order valence-electron chi connectivity index (χ3n) is 4.39. The summed E-state index contributed by atoms with van der Waals surface area (Å²) in [5.41, 5.74) is 0.938. The number of carbonyl (C=O) groups is 1. The van der Waals surface area contributed by atoms with Crippen LogP contribution in [0.1, 0.15) is 17.9 Å². The zero-order valence-electron chi connectivity index (χ0n) is 13.4. The summed E-state index contributed by atoms with van der Waals surface area (Å²) in [4.78, 5) is 16.9. The Morgan fingerprint density at radius 2 is 2.08 bits per heavy atom. The fraction of sp³-hybridized carbons (Fsp3) is 0.158. The zero-order chi connectivity index (χ0) is 18.3. The number of ether oxygens (including phenoxy) is 1. The Labute approximate surface area is 152 Å². The fourth-order valence-electron chi connectivity index (χ4n) is 3.11. The van der Waals surface area contributed by atoms with E-state index in [2.05, 4.69) is 10.3 Å². The number of hydrogen-bond donors (Lipinski definition) is 1. The summed E-state index contributed by atoms with van der Waals surface area (Å²) in [6.45, 7) is 0.286. The molecule has 1 amide bonds. The first-order valence-electron chi connectivity index (χ1n) is 7.99. The number of anilines is 1. The summed E-state index contributed by atoms with van der Waals surface area (Å²) in [7, 11) is 0. The second-order valence-electron chi connectivity index (χ2n) is 6.04. The van der Waals surface area contributed by atoms with Gasteiger partial charge in [-0.25, -0.2) is 8.78 Å². The SMILES string of the molecule is O=C(Nc1cncc2ccc(F)cc12)[C@@H]1CCOc2cc(F)c(Cl)cc21. The number of benzene rings is 2. The summed E-state index contributed by atoms with van der Waals surface area (Å²) in [5.74, 6) is -1.56. The van der Waals surface area contributed by atoms with Gasteiger partial charge in [-0.05, 0) is 30.7 Å². The molecule has 2 aromatic carbocycles. The van der Waals surface area contributed by atoms with E-state index in [1.165, 1.54) is 30.5 Å². The molecular formula is C19H13ClF2N2O2. The van der Waals surface area contributed by atoms with Crippen molar-refractivity contribution in [3.05, 3.63) is 64.9 Å². The number of amides is 1. The van der Waals surface area contributed by atoms with E-state index in [-0.39, 0.29) is 17.5 Å². The molecule has 0 aliphatic carbocycles. The summed E-state index contributed by atoms with van der Waals surface area (Å²) in [5, 5.41) is 3.99. The predicted molar refractivity (Wildman–Crippen MR) is 94.6 cm³/mol. The fourth-order valence-corrected chi connectivity index (χ4v) is 3.28. The van der Waals surface area contributed by atoms with Crippen LogP contribution in [0.3, 0.4) is 0 Å². The number of halogens is 3. The molecule has 3 aromatic rings. The molecule has 0 saturated carbocycles. The van der Waals surface area contributed by atoms with Gasteiger partial charge >= 0.3 is 0 Å². The number of pyridine rings is 1. The molecule has 1 aromatic heterocycles. The molecule has 7 heteroatoms. The molecule has 0 bridgehead atoms. The van der Waals surface area contributed by atoms with Gasteiger partial charge in [0.05, 0.1) is 29.4 Å². The van der Waals surface area contributed by atoms with Gasteiger partial charge in [0.1, 0.15) is 17.4 Å². The number of nitrogens with one attached hydrogen (secondary N) is 1. The molecular weight excluding hydrogens is 362 g/mol. The molecule has 26 heavy (non-hydrogen) atoms. The number of aromatic nitrogens is 1. The van der Waals surface area contributed by atoms with Crippen LogP contribution in [-0.2, 0) is 4.79 Å². The van der Waals surface area contributed by atoms with Crippen molar-refractivity contribution in [1.82, 2.24) is 4.98 Å². The van der Waals surface area contributed by atoms with Crippen LogP contribution >= 0.6 is 11.6 Å². The van der Waals surface area contributed by atoms with E-state index in [4.69, 9.17) is 16.3 Å². The van der Waals surface area contributed by atoms with Crippen LogP contribution in [-0.4, -0.2) is 17.5 Å². The molecule has 0 saturated heterocycles. The average Bonchev–Trinajstić information content (AvgIpc) is 2.62. The minimum atomic E-state index is -0.597. The molecule has 132 valence electrons. The van der Waals surface area contributed by atoms with Crippen LogP contribution in [0.25, 0.3) is 10.8 Å². The Bertz CT molecular complexity index is 1030. The first kappa shape index (κ1) is 16.7. The molecule has 1 aliphatic rings. The van der Waals surface area contributed by atoms with E-state index in [9.17, 15) is 13.6 Å². The number of carbonyl (C=O) groups excluding carboxylic acids is 1. The van der Waals surface area contributed by atoms with Crippen molar-refractivity contribution in [3.8, 4) is 5.75 Å². The van der Waals surface area contributed by atoms with Gasteiger partial charge in [0, 0.05) is 28.6 Å². The van der Waals surface area contributed by atoms with Gasteiger partial charge in [0.2, 0.25) is 5.91 Å². The normalized spacial score (nSPS) is 16.0. The Morgan fingerprint density at radius 3 is 2.92 bits per heavy atom. The molecule has 0 spiro atoms. The van der Waals surface area contributed by atoms with Crippen LogP contribution in [0.4, 0.5) is 14.5 Å². The lowest BCUT2D eigenvalue weighted by Crippen LogP contribution is -2.26. The van der Waals surface area contributed by atoms with E-state index in [0.29, 0.717) is 34.2 Å². The van der Waals surface area contributed by atoms with Crippen molar-refractivity contribution >= 4 is 34.0 Å². The molecule has 2 heterocycles. The Kier molecular flexibility index (Phi) is 4.20. The van der Waals surface area contributed by atoms with Gasteiger partial charge in [0.25, 0.3) is 0 Å². The number of rotatable bonds is 2. The van der Waals surface area contributed by atoms with Gasteiger partial charge in [-0.15, -0.1) is 0 Å². The number of nitrogens with zero attached hydrogens (tertiary/aromatic N) is 1. The Morgan fingerprint density at radius 1 is 1.23 bits per heavy atom. The van der Waals surface area contributed by atoms with Crippen LogP contribution in [0.15, 0.2) is 42.7 Å². The number of fused-ring (bicyclic) bond motifs is 2. The Hall–Kier alpha value is -2.73. The summed E-state index contributed by atoms with van der Waals surface area (Å²) < 4.78 is 32.7. The van der Waals surface area contributed by atoms with Crippen molar-refractivity contribution in [2.75, 3.05) is 11.9 Å². The van der Waals surface area contributed by atoms with Crippen LogP contribution in [0, 0.1) is 11.6 Å². The van der Waals surface area contributed by atoms with Gasteiger partial charge in [-0.1, -0.05) is 11.6 Å². The van der Waals surface area contributed by atoms with Crippen LogP contribution in [0.2, 0.25) is 5.02 Å². The third kappa shape index (κ3) is 2.97. The van der Waals surface area contributed by atoms with Crippen molar-refractivity contribution < 1.29 is 18.3 Å². The highest BCUT2D eigenvalue weighted by Crippen LogP contribution is 2.38. The maximum Gasteiger partial charge on any atom is 0.232 e. The topological polar surface area (TPSA) is 51.2 Å². The second kappa shape index (κ2) is 6.53. The van der Waals surface area contributed by atoms with E-state index < -0.39 is 17.6 Å². The largest absolute Gasteiger partial charge is 0.493 e. The zero-order valence-corrected chi connectivity index (χ0v) is 14.2. The second-order valence-corrected chi connectivity index (χ2v) is 6.44. The first-order chi connectivity index (χ1) is 12.5. The van der Waals surface area contributed by atoms with Crippen molar-refractivity contribution in [1.29, 1.82) is 0 Å². The summed E-state index contributed by atoms with van der Waals surface area (Å²) >= 11 is 5.86. The minimum absolute atomic E-state index is 0.0686. The number of hydrogen-bond acceptors (Lipinski definition) is 3. The van der Waals surface area contributed by atoms with E-state index in [1.807, 2.05) is 0 Å². The monoisotopic (exact) mass is 374 g/mol. The van der Waals surface area contributed by atoms with Crippen LogP contribution < -0.4 is 10.1 Å². The highest BCUT2D eigenvalue weighted by molar-refractivity contribution is 6.30. The average molecular weight is 375 g/mol. The first-order valence-corrected chi connectivity index (χ1v) is 8.36.